The number of hydrogen-bond acceptors (Lipinski definition) is 1. The molecule has 0 radical (unpaired) electrons. The topological polar surface area (TPSA) is 32.3 Å². The Labute approximate surface area is 66.8 Å². The van der Waals surface area contributed by atoms with Gasteiger partial charge in [-0.15, -0.1) is 0 Å². The Morgan fingerprint density at radius 2 is 2.55 bits per heavy atom. The Balaban J connectivity index is 1.91. The molecule has 11 heavy (non-hydrogen) atoms. The Bertz CT molecular complexity index is 181. The molecule has 1 aliphatic heterocycles. The van der Waals surface area contributed by atoms with Crippen LogP contribution in [0.25, 0.3) is 0 Å². The number of nitrogens with zero attached hydrogens (tertiary/aromatic N) is 1. The second-order valence-electron chi connectivity index (χ2n) is 3.40. The number of hydrogen-bond donors (Lipinski definition) is 1. The zero-order valence-electron chi connectivity index (χ0n) is 6.84. The minimum atomic E-state index is 0.144. The lowest BCUT2D eigenvalue weighted by molar-refractivity contribution is 0.213. The zero-order valence-corrected chi connectivity index (χ0v) is 6.84. The molecule has 1 saturated heterocycles. The van der Waals surface area contributed by atoms with Crippen LogP contribution in [0.3, 0.4) is 0 Å². The molecular formula is C8H14N2O. The molecule has 0 aromatic rings. The van der Waals surface area contributed by atoms with E-state index in [0.29, 0.717) is 6.04 Å². The minimum Gasteiger partial charge on any atom is -0.336 e. The van der Waals surface area contributed by atoms with Gasteiger partial charge in [-0.25, -0.2) is 4.79 Å². The predicted octanol–water partition coefficient (Wildman–Crippen LogP) is 0.810. The molecular weight excluding hydrogens is 140 g/mol. The quantitative estimate of drug-likeness (QED) is 0.627. The van der Waals surface area contributed by atoms with Gasteiger partial charge in [-0.2, -0.15) is 0 Å². The molecule has 0 bridgehead atoms. The van der Waals surface area contributed by atoms with Crippen LogP contribution in [0.2, 0.25) is 0 Å². The molecule has 2 rings (SSSR count). The van der Waals surface area contributed by atoms with Gasteiger partial charge in [0.25, 0.3) is 0 Å². The summed E-state index contributed by atoms with van der Waals surface area (Å²) in [7, 11) is 0. The van der Waals surface area contributed by atoms with Crippen molar-refractivity contribution in [3.63, 3.8) is 0 Å². The second-order valence-corrected chi connectivity index (χ2v) is 3.40. The Kier molecular flexibility index (Phi) is 1.51. The maximum absolute atomic E-state index is 11.1. The Morgan fingerprint density at radius 3 is 3.00 bits per heavy atom. The van der Waals surface area contributed by atoms with Gasteiger partial charge in [0.15, 0.2) is 0 Å². The van der Waals surface area contributed by atoms with E-state index in [1.807, 2.05) is 4.90 Å². The molecule has 0 spiro atoms. The molecule has 1 saturated carbocycles. The Hall–Kier alpha value is -0.730. The molecule has 1 aliphatic carbocycles. The van der Waals surface area contributed by atoms with Crippen molar-refractivity contribution in [1.29, 1.82) is 0 Å². The van der Waals surface area contributed by atoms with E-state index >= 15 is 0 Å². The van der Waals surface area contributed by atoms with Gasteiger partial charge in [0.05, 0.1) is 0 Å². The summed E-state index contributed by atoms with van der Waals surface area (Å²) in [5, 5.41) is 2.82. The van der Waals surface area contributed by atoms with Crippen molar-refractivity contribution in [2.24, 2.45) is 5.92 Å². The molecule has 2 unspecified atom stereocenters. The smallest absolute Gasteiger partial charge is 0.317 e. The third-order valence-corrected chi connectivity index (χ3v) is 2.70. The third kappa shape index (κ3) is 1.08. The van der Waals surface area contributed by atoms with Crippen LogP contribution in [0.5, 0.6) is 0 Å². The summed E-state index contributed by atoms with van der Waals surface area (Å²) in [6.07, 6.45) is 2.44. The van der Waals surface area contributed by atoms with E-state index in [2.05, 4.69) is 12.2 Å². The number of carbonyl (C=O) groups is 1. The third-order valence-electron chi connectivity index (χ3n) is 2.70. The highest BCUT2D eigenvalue weighted by Crippen LogP contribution is 2.38. The summed E-state index contributed by atoms with van der Waals surface area (Å²) in [4.78, 5) is 13.1. The van der Waals surface area contributed by atoms with E-state index in [4.69, 9.17) is 0 Å². The first-order valence-corrected chi connectivity index (χ1v) is 4.37. The number of urea groups is 1. The van der Waals surface area contributed by atoms with E-state index in [1.54, 1.807) is 0 Å². The van der Waals surface area contributed by atoms with Crippen molar-refractivity contribution in [3.05, 3.63) is 0 Å². The minimum absolute atomic E-state index is 0.144. The molecule has 2 atom stereocenters. The lowest BCUT2D eigenvalue weighted by Crippen LogP contribution is -2.31. The molecule has 3 heteroatoms. The molecule has 2 fully saturated rings. The SMILES string of the molecule is CCC1CC1N1CCNC1=O. The van der Waals surface area contributed by atoms with Crippen molar-refractivity contribution in [2.75, 3.05) is 13.1 Å². The normalized spacial score (nSPS) is 35.7. The predicted molar refractivity (Wildman–Crippen MR) is 42.3 cm³/mol. The highest BCUT2D eigenvalue weighted by Gasteiger charge is 2.43. The summed E-state index contributed by atoms with van der Waals surface area (Å²) < 4.78 is 0. The van der Waals surface area contributed by atoms with Crippen LogP contribution in [-0.4, -0.2) is 30.1 Å². The van der Waals surface area contributed by atoms with Crippen LogP contribution < -0.4 is 5.32 Å². The molecule has 1 heterocycles. The van der Waals surface area contributed by atoms with E-state index in [9.17, 15) is 4.79 Å². The number of amides is 2. The standard InChI is InChI=1S/C8H14N2O/c1-2-6-5-7(6)10-4-3-9-8(10)11/h6-7H,2-5H2,1H3,(H,9,11). The number of carbonyl (C=O) groups excluding carboxylic acids is 1. The molecule has 1 N–H and O–H groups in total. The van der Waals surface area contributed by atoms with Gasteiger partial charge >= 0.3 is 6.03 Å². The fourth-order valence-electron chi connectivity index (χ4n) is 1.85. The van der Waals surface area contributed by atoms with Crippen molar-refractivity contribution in [2.45, 2.75) is 25.8 Å². The Morgan fingerprint density at radius 1 is 1.73 bits per heavy atom. The van der Waals surface area contributed by atoms with Crippen molar-refractivity contribution in [1.82, 2.24) is 10.2 Å². The van der Waals surface area contributed by atoms with Crippen LogP contribution in [0.15, 0.2) is 0 Å². The van der Waals surface area contributed by atoms with E-state index in [1.165, 1.54) is 12.8 Å². The number of nitrogens with one attached hydrogen (secondary N) is 1. The average molecular weight is 154 g/mol. The maximum Gasteiger partial charge on any atom is 0.317 e. The lowest BCUT2D eigenvalue weighted by Gasteiger charge is -2.12. The molecule has 2 aliphatic rings. The van der Waals surface area contributed by atoms with Gasteiger partial charge in [0.2, 0.25) is 0 Å². The summed E-state index contributed by atoms with van der Waals surface area (Å²) >= 11 is 0. The summed E-state index contributed by atoms with van der Waals surface area (Å²) in [5.41, 5.74) is 0. The van der Waals surface area contributed by atoms with E-state index < -0.39 is 0 Å². The molecule has 0 aromatic heterocycles. The van der Waals surface area contributed by atoms with E-state index in [0.717, 1.165) is 19.0 Å². The zero-order chi connectivity index (χ0) is 7.84. The molecule has 62 valence electrons. The van der Waals surface area contributed by atoms with Gasteiger partial charge in [-0.3, -0.25) is 0 Å². The van der Waals surface area contributed by atoms with Gasteiger partial charge in [0.1, 0.15) is 0 Å². The van der Waals surface area contributed by atoms with Gasteiger partial charge < -0.3 is 10.2 Å². The second kappa shape index (κ2) is 2.40. The van der Waals surface area contributed by atoms with Crippen LogP contribution in [0.4, 0.5) is 4.79 Å². The first-order chi connectivity index (χ1) is 5.33. The van der Waals surface area contributed by atoms with Gasteiger partial charge in [0, 0.05) is 19.1 Å². The molecule has 0 aromatic carbocycles. The first kappa shape index (κ1) is 6.95. The van der Waals surface area contributed by atoms with Gasteiger partial charge in [-0.05, 0) is 12.3 Å². The van der Waals surface area contributed by atoms with Crippen molar-refractivity contribution >= 4 is 6.03 Å². The van der Waals surface area contributed by atoms with Crippen LogP contribution in [0.1, 0.15) is 19.8 Å². The van der Waals surface area contributed by atoms with Crippen LogP contribution in [-0.2, 0) is 0 Å². The average Bonchev–Trinajstić information content (AvgIpc) is 2.68. The number of rotatable bonds is 2. The molecule has 2 amide bonds. The molecule has 3 nitrogen and oxygen atoms in total. The highest BCUT2D eigenvalue weighted by molar-refractivity contribution is 5.76. The van der Waals surface area contributed by atoms with Crippen LogP contribution >= 0.6 is 0 Å². The van der Waals surface area contributed by atoms with E-state index in [-0.39, 0.29) is 6.03 Å². The fourth-order valence-corrected chi connectivity index (χ4v) is 1.85. The summed E-state index contributed by atoms with van der Waals surface area (Å²) in [6, 6.07) is 0.716. The summed E-state index contributed by atoms with van der Waals surface area (Å²) in [6.45, 7) is 3.95. The highest BCUT2D eigenvalue weighted by atomic mass is 16.2. The fraction of sp³-hybridized carbons (Fsp3) is 0.875. The first-order valence-electron chi connectivity index (χ1n) is 4.37. The maximum atomic E-state index is 11.1. The van der Waals surface area contributed by atoms with Gasteiger partial charge in [-0.1, -0.05) is 13.3 Å². The monoisotopic (exact) mass is 154 g/mol. The lowest BCUT2D eigenvalue weighted by atomic mass is 10.3. The summed E-state index contributed by atoms with van der Waals surface area (Å²) in [5.74, 6) is 0.791. The van der Waals surface area contributed by atoms with Crippen LogP contribution in [0, 0.1) is 5.92 Å². The van der Waals surface area contributed by atoms with Crippen molar-refractivity contribution < 1.29 is 4.79 Å². The van der Waals surface area contributed by atoms with Crippen molar-refractivity contribution in [3.8, 4) is 0 Å². The largest absolute Gasteiger partial charge is 0.336 e.